The van der Waals surface area contributed by atoms with Crippen LogP contribution in [0.4, 0.5) is 0 Å². The van der Waals surface area contributed by atoms with Crippen LogP contribution in [0.5, 0.6) is 0 Å². The SMILES string of the molecule is C[C@]12CCC3C(CC=C4CC(O)CC[C@@]43C)C1CCC2O.[Ac]. The van der Waals surface area contributed by atoms with Gasteiger partial charge in [0.25, 0.3) is 0 Å². The number of aliphatic hydroxyl groups is 2. The van der Waals surface area contributed by atoms with Crippen molar-refractivity contribution >= 4 is 0 Å². The van der Waals surface area contributed by atoms with Crippen molar-refractivity contribution in [1.29, 1.82) is 0 Å². The molecule has 2 N–H and O–H groups in total. The van der Waals surface area contributed by atoms with E-state index in [1.54, 1.807) is 5.57 Å². The van der Waals surface area contributed by atoms with Crippen molar-refractivity contribution < 1.29 is 54.3 Å². The van der Waals surface area contributed by atoms with Crippen LogP contribution in [0.15, 0.2) is 11.6 Å². The van der Waals surface area contributed by atoms with Gasteiger partial charge in [-0.25, -0.2) is 0 Å². The zero-order valence-corrected chi connectivity index (χ0v) is 18.8. The van der Waals surface area contributed by atoms with E-state index in [2.05, 4.69) is 19.9 Å². The van der Waals surface area contributed by atoms with E-state index in [9.17, 15) is 10.2 Å². The van der Waals surface area contributed by atoms with Crippen molar-refractivity contribution in [2.24, 2.45) is 28.6 Å². The van der Waals surface area contributed by atoms with Crippen molar-refractivity contribution in [3.8, 4) is 0 Å². The molecule has 0 aromatic heterocycles. The molecule has 3 saturated carbocycles. The maximum atomic E-state index is 10.5. The largest absolute Gasteiger partial charge is 0.393 e. The van der Waals surface area contributed by atoms with Gasteiger partial charge in [0.2, 0.25) is 0 Å². The summed E-state index contributed by atoms with van der Waals surface area (Å²) in [5.41, 5.74) is 2.05. The fraction of sp³-hybridized carbons (Fsp3) is 0.895. The van der Waals surface area contributed by atoms with Crippen LogP contribution in [0.25, 0.3) is 0 Å². The molecule has 0 aliphatic heterocycles. The Hall–Kier alpha value is 1.10. The van der Waals surface area contributed by atoms with E-state index in [1.807, 2.05) is 0 Å². The minimum Gasteiger partial charge on any atom is -0.393 e. The van der Waals surface area contributed by atoms with E-state index in [-0.39, 0.29) is 61.7 Å². The van der Waals surface area contributed by atoms with Crippen molar-refractivity contribution in [3.63, 3.8) is 0 Å². The summed E-state index contributed by atoms with van der Waals surface area (Å²) in [6.45, 7) is 4.81. The summed E-state index contributed by atoms with van der Waals surface area (Å²) in [7, 11) is 0. The van der Waals surface area contributed by atoms with Gasteiger partial charge < -0.3 is 10.2 Å². The average molecular weight is 517 g/mol. The Balaban J connectivity index is 0.00000144. The molecule has 4 aliphatic rings. The second-order valence-corrected chi connectivity index (χ2v) is 8.79. The van der Waals surface area contributed by atoms with Crippen LogP contribution in [-0.4, -0.2) is 22.4 Å². The number of allylic oxidation sites excluding steroid dienone is 1. The Bertz CT molecular complexity index is 476. The first-order chi connectivity index (χ1) is 9.95. The van der Waals surface area contributed by atoms with Crippen LogP contribution in [-0.2, 0) is 0 Å². The number of fused-ring (bicyclic) bond motifs is 5. The second-order valence-electron chi connectivity index (χ2n) is 8.79. The van der Waals surface area contributed by atoms with Gasteiger partial charge in [0.1, 0.15) is 0 Å². The zero-order valence-electron chi connectivity index (χ0n) is 14.1. The van der Waals surface area contributed by atoms with Crippen LogP contribution in [0.3, 0.4) is 0 Å². The maximum Gasteiger partial charge on any atom is 0.0596 e. The average Bonchev–Trinajstić information content (AvgIpc) is 2.76. The van der Waals surface area contributed by atoms with Crippen LogP contribution >= 0.6 is 0 Å². The van der Waals surface area contributed by atoms with Crippen LogP contribution in [0, 0.1) is 72.6 Å². The Morgan fingerprint density at radius 2 is 1.77 bits per heavy atom. The maximum absolute atomic E-state index is 10.5. The van der Waals surface area contributed by atoms with Gasteiger partial charge in [-0.1, -0.05) is 25.5 Å². The fourth-order valence-electron chi connectivity index (χ4n) is 6.61. The molecular formula is C19H30AcO2. The van der Waals surface area contributed by atoms with Gasteiger partial charge in [0.15, 0.2) is 0 Å². The topological polar surface area (TPSA) is 40.5 Å². The predicted molar refractivity (Wildman–Crippen MR) is 83.7 cm³/mol. The van der Waals surface area contributed by atoms with Gasteiger partial charge in [-0.05, 0) is 80.0 Å². The molecule has 0 bridgehead atoms. The zero-order chi connectivity index (χ0) is 14.8. The summed E-state index contributed by atoms with van der Waals surface area (Å²) in [4.78, 5) is 0. The Labute approximate surface area is 170 Å². The first-order valence-electron chi connectivity index (χ1n) is 9.01. The third-order valence-electron chi connectivity index (χ3n) is 8.03. The molecule has 2 nitrogen and oxygen atoms in total. The molecule has 0 heterocycles. The summed E-state index contributed by atoms with van der Waals surface area (Å²) in [6, 6.07) is 0. The molecule has 0 saturated heterocycles. The van der Waals surface area contributed by atoms with E-state index in [0.29, 0.717) is 11.3 Å². The first kappa shape index (κ1) is 17.9. The molecule has 3 fully saturated rings. The Morgan fingerprint density at radius 3 is 2.55 bits per heavy atom. The Morgan fingerprint density at radius 1 is 1.00 bits per heavy atom. The molecule has 0 aromatic rings. The van der Waals surface area contributed by atoms with Gasteiger partial charge in [-0.2, -0.15) is 0 Å². The van der Waals surface area contributed by atoms with Gasteiger partial charge in [-0.15, -0.1) is 0 Å². The quantitative estimate of drug-likeness (QED) is 0.482. The monoisotopic (exact) mass is 517 g/mol. The third kappa shape index (κ3) is 2.44. The van der Waals surface area contributed by atoms with Crippen molar-refractivity contribution in [2.45, 2.75) is 77.4 Å². The minimum absolute atomic E-state index is 0. The van der Waals surface area contributed by atoms with Crippen molar-refractivity contribution in [1.82, 2.24) is 0 Å². The molecule has 7 atom stereocenters. The van der Waals surface area contributed by atoms with Gasteiger partial charge in [0, 0.05) is 44.1 Å². The number of rotatable bonds is 0. The number of hydrogen-bond donors (Lipinski definition) is 2. The summed E-state index contributed by atoms with van der Waals surface area (Å²) in [5, 5.41) is 20.5. The minimum atomic E-state index is -0.108. The van der Waals surface area contributed by atoms with Gasteiger partial charge >= 0.3 is 0 Å². The molecule has 1 radical (unpaired) electrons. The second kappa shape index (κ2) is 6.12. The van der Waals surface area contributed by atoms with Crippen LogP contribution in [0.2, 0.25) is 0 Å². The standard InChI is InChI=1S/C19H30O2.Ac/c1-18-9-7-13(20)11-12(18)3-4-14-15-5-6-17(21)19(15,2)10-8-16(14)18;/h3,13-17,20-21H,4-11H2,1-2H3;/t13?,14?,15?,16?,17?,18-,19-;/m0./s1. The molecule has 121 valence electrons. The van der Waals surface area contributed by atoms with E-state index >= 15 is 0 Å². The summed E-state index contributed by atoms with van der Waals surface area (Å²) < 4.78 is 0. The van der Waals surface area contributed by atoms with Crippen molar-refractivity contribution in [2.75, 3.05) is 0 Å². The summed E-state index contributed by atoms with van der Waals surface area (Å²) in [5.74, 6) is 2.27. The van der Waals surface area contributed by atoms with Crippen LogP contribution in [0.1, 0.15) is 65.2 Å². The summed E-state index contributed by atoms with van der Waals surface area (Å²) in [6.07, 6.45) is 11.2. The third-order valence-corrected chi connectivity index (χ3v) is 8.03. The molecule has 3 heteroatoms. The number of aliphatic hydroxyl groups excluding tert-OH is 2. The summed E-state index contributed by atoms with van der Waals surface area (Å²) >= 11 is 0. The molecule has 22 heavy (non-hydrogen) atoms. The molecule has 4 rings (SSSR count). The normalized spacial score (nSPS) is 53.6. The van der Waals surface area contributed by atoms with Crippen molar-refractivity contribution in [3.05, 3.63) is 11.6 Å². The van der Waals surface area contributed by atoms with E-state index in [4.69, 9.17) is 0 Å². The van der Waals surface area contributed by atoms with Gasteiger partial charge in [0.05, 0.1) is 12.2 Å². The Kier molecular flexibility index (Phi) is 4.98. The smallest absolute Gasteiger partial charge is 0.0596 e. The molecule has 0 spiro atoms. The molecular weight excluding hydrogens is 487 g/mol. The fourth-order valence-corrected chi connectivity index (χ4v) is 6.61. The van der Waals surface area contributed by atoms with E-state index < -0.39 is 0 Å². The van der Waals surface area contributed by atoms with E-state index in [1.165, 1.54) is 25.7 Å². The molecule has 0 amide bonds. The predicted octanol–water partition coefficient (Wildman–Crippen LogP) is 3.67. The first-order valence-corrected chi connectivity index (χ1v) is 9.01. The number of hydrogen-bond acceptors (Lipinski definition) is 2. The molecule has 5 unspecified atom stereocenters. The molecule has 4 aliphatic carbocycles. The molecule has 0 aromatic carbocycles. The van der Waals surface area contributed by atoms with Crippen LogP contribution < -0.4 is 0 Å². The van der Waals surface area contributed by atoms with E-state index in [0.717, 1.165) is 37.5 Å². The van der Waals surface area contributed by atoms with Gasteiger partial charge in [-0.3, -0.25) is 0 Å².